The second kappa shape index (κ2) is 3.32. The van der Waals surface area contributed by atoms with Crippen molar-refractivity contribution in [1.29, 1.82) is 5.26 Å². The Labute approximate surface area is 83.3 Å². The van der Waals surface area contributed by atoms with Gasteiger partial charge in [0.2, 0.25) is 0 Å². The van der Waals surface area contributed by atoms with Crippen LogP contribution in [0.15, 0.2) is 12.1 Å². The maximum absolute atomic E-state index is 9.01. The number of hydrogen-bond donors (Lipinski definition) is 2. The molecule has 1 atom stereocenters. The lowest BCUT2D eigenvalue weighted by Crippen LogP contribution is -2.19. The molecule has 0 amide bonds. The van der Waals surface area contributed by atoms with Crippen LogP contribution in [-0.2, 0) is 6.42 Å². The van der Waals surface area contributed by atoms with Crippen LogP contribution in [0.1, 0.15) is 35.6 Å². The van der Waals surface area contributed by atoms with E-state index in [9.17, 15) is 0 Å². The van der Waals surface area contributed by atoms with E-state index in [0.29, 0.717) is 11.3 Å². The van der Waals surface area contributed by atoms with E-state index in [-0.39, 0.29) is 6.04 Å². The minimum absolute atomic E-state index is 0.0168. The Hall–Kier alpha value is -1.53. The molecule has 1 unspecified atom stereocenters. The fourth-order valence-corrected chi connectivity index (χ4v) is 2.10. The van der Waals surface area contributed by atoms with Crippen LogP contribution in [0.5, 0.6) is 0 Å². The standard InChI is InChI=1S/C11H13N3/c12-6-8-9(13)5-4-7-2-1-3-10(14)11(7)8/h4-5,10H,1-3,13-14H2. The molecule has 1 aliphatic carbocycles. The molecule has 14 heavy (non-hydrogen) atoms. The zero-order chi connectivity index (χ0) is 10.1. The van der Waals surface area contributed by atoms with Gasteiger partial charge in [0, 0.05) is 11.7 Å². The second-order valence-corrected chi connectivity index (χ2v) is 3.71. The van der Waals surface area contributed by atoms with Gasteiger partial charge in [0.1, 0.15) is 6.07 Å². The van der Waals surface area contributed by atoms with Crippen molar-refractivity contribution < 1.29 is 0 Å². The molecule has 1 aromatic rings. The van der Waals surface area contributed by atoms with Crippen LogP contribution in [-0.4, -0.2) is 0 Å². The van der Waals surface area contributed by atoms with E-state index in [4.69, 9.17) is 16.7 Å². The summed E-state index contributed by atoms with van der Waals surface area (Å²) < 4.78 is 0. The summed E-state index contributed by atoms with van der Waals surface area (Å²) in [5.41, 5.74) is 15.0. The van der Waals surface area contributed by atoms with Gasteiger partial charge in [-0.25, -0.2) is 0 Å². The van der Waals surface area contributed by atoms with Crippen LogP contribution in [0.2, 0.25) is 0 Å². The van der Waals surface area contributed by atoms with Gasteiger partial charge in [-0.15, -0.1) is 0 Å². The Balaban J connectivity index is 2.65. The lowest BCUT2D eigenvalue weighted by atomic mass is 9.84. The van der Waals surface area contributed by atoms with E-state index in [2.05, 4.69) is 6.07 Å². The van der Waals surface area contributed by atoms with Gasteiger partial charge in [0.05, 0.1) is 5.56 Å². The van der Waals surface area contributed by atoms with Crippen molar-refractivity contribution in [2.45, 2.75) is 25.3 Å². The Morgan fingerprint density at radius 1 is 1.43 bits per heavy atom. The molecule has 0 saturated carbocycles. The first-order chi connectivity index (χ1) is 6.74. The number of hydrogen-bond acceptors (Lipinski definition) is 3. The van der Waals surface area contributed by atoms with Gasteiger partial charge in [0.15, 0.2) is 0 Å². The van der Waals surface area contributed by atoms with Crippen LogP contribution in [0.25, 0.3) is 0 Å². The fourth-order valence-electron chi connectivity index (χ4n) is 2.10. The summed E-state index contributed by atoms with van der Waals surface area (Å²) >= 11 is 0. The normalized spacial score (nSPS) is 19.9. The molecule has 0 saturated heterocycles. The molecular formula is C11H13N3. The van der Waals surface area contributed by atoms with Crippen LogP contribution in [0.4, 0.5) is 5.69 Å². The fraction of sp³-hybridized carbons (Fsp3) is 0.364. The quantitative estimate of drug-likeness (QED) is 0.604. The van der Waals surface area contributed by atoms with Gasteiger partial charge in [-0.1, -0.05) is 6.07 Å². The topological polar surface area (TPSA) is 75.8 Å². The molecule has 0 bridgehead atoms. The number of nitrogens with zero attached hydrogens (tertiary/aromatic N) is 1. The number of fused-ring (bicyclic) bond motifs is 1. The SMILES string of the molecule is N#Cc1c(N)ccc2c1C(N)CCC2. The summed E-state index contributed by atoms with van der Waals surface area (Å²) in [6.45, 7) is 0. The molecule has 0 radical (unpaired) electrons. The van der Waals surface area contributed by atoms with Crippen molar-refractivity contribution in [2.75, 3.05) is 5.73 Å². The highest BCUT2D eigenvalue weighted by Gasteiger charge is 2.21. The minimum Gasteiger partial charge on any atom is -0.398 e. The number of benzene rings is 1. The number of anilines is 1. The Morgan fingerprint density at radius 3 is 2.93 bits per heavy atom. The summed E-state index contributed by atoms with van der Waals surface area (Å²) in [6.07, 6.45) is 3.06. The molecule has 1 aliphatic rings. The van der Waals surface area contributed by atoms with Crippen molar-refractivity contribution in [2.24, 2.45) is 5.73 Å². The van der Waals surface area contributed by atoms with E-state index < -0.39 is 0 Å². The van der Waals surface area contributed by atoms with Gasteiger partial charge < -0.3 is 11.5 Å². The first-order valence-electron chi connectivity index (χ1n) is 4.81. The highest BCUT2D eigenvalue weighted by atomic mass is 14.7. The summed E-state index contributed by atoms with van der Waals surface area (Å²) in [5.74, 6) is 0. The van der Waals surface area contributed by atoms with Gasteiger partial charge in [-0.3, -0.25) is 0 Å². The van der Waals surface area contributed by atoms with E-state index in [1.165, 1.54) is 5.56 Å². The monoisotopic (exact) mass is 187 g/mol. The molecule has 72 valence electrons. The molecule has 4 N–H and O–H groups in total. The van der Waals surface area contributed by atoms with E-state index in [0.717, 1.165) is 24.8 Å². The zero-order valence-corrected chi connectivity index (χ0v) is 7.96. The van der Waals surface area contributed by atoms with Crippen LogP contribution in [0.3, 0.4) is 0 Å². The predicted octanol–water partition coefficient (Wildman–Crippen LogP) is 1.48. The third-order valence-corrected chi connectivity index (χ3v) is 2.81. The molecule has 0 heterocycles. The van der Waals surface area contributed by atoms with Crippen LogP contribution < -0.4 is 11.5 Å². The highest BCUT2D eigenvalue weighted by molar-refractivity contribution is 5.61. The third-order valence-electron chi connectivity index (χ3n) is 2.81. The van der Waals surface area contributed by atoms with Gasteiger partial charge >= 0.3 is 0 Å². The van der Waals surface area contributed by atoms with Crippen molar-refractivity contribution >= 4 is 5.69 Å². The number of nitrogens with two attached hydrogens (primary N) is 2. The maximum Gasteiger partial charge on any atom is 0.102 e. The average molecular weight is 187 g/mol. The van der Waals surface area contributed by atoms with Gasteiger partial charge in [-0.2, -0.15) is 5.26 Å². The molecule has 0 aliphatic heterocycles. The average Bonchev–Trinajstić information content (AvgIpc) is 2.19. The molecule has 0 fully saturated rings. The number of rotatable bonds is 0. The van der Waals surface area contributed by atoms with Crippen molar-refractivity contribution in [3.8, 4) is 6.07 Å². The van der Waals surface area contributed by atoms with E-state index in [1.807, 2.05) is 6.07 Å². The molecule has 2 rings (SSSR count). The summed E-state index contributed by atoms with van der Waals surface area (Å²) in [5, 5.41) is 9.01. The summed E-state index contributed by atoms with van der Waals surface area (Å²) in [6, 6.07) is 5.92. The molecule has 1 aromatic carbocycles. The smallest absolute Gasteiger partial charge is 0.102 e. The minimum atomic E-state index is -0.0168. The van der Waals surface area contributed by atoms with Crippen LogP contribution >= 0.6 is 0 Å². The van der Waals surface area contributed by atoms with Gasteiger partial charge in [-0.05, 0) is 36.5 Å². The first-order valence-corrected chi connectivity index (χ1v) is 4.81. The summed E-state index contributed by atoms with van der Waals surface area (Å²) in [4.78, 5) is 0. The van der Waals surface area contributed by atoms with Gasteiger partial charge in [0.25, 0.3) is 0 Å². The molecule has 3 heteroatoms. The van der Waals surface area contributed by atoms with Crippen molar-refractivity contribution in [3.05, 3.63) is 28.8 Å². The Kier molecular flexibility index (Phi) is 2.14. The Morgan fingerprint density at radius 2 is 2.21 bits per heavy atom. The zero-order valence-electron chi connectivity index (χ0n) is 7.96. The number of nitrogen functional groups attached to an aromatic ring is 1. The maximum atomic E-state index is 9.01. The molecule has 0 aromatic heterocycles. The number of aryl methyl sites for hydroxylation is 1. The van der Waals surface area contributed by atoms with Crippen molar-refractivity contribution in [1.82, 2.24) is 0 Å². The third kappa shape index (κ3) is 1.24. The largest absolute Gasteiger partial charge is 0.398 e. The molecule has 3 nitrogen and oxygen atoms in total. The number of nitriles is 1. The lowest BCUT2D eigenvalue weighted by Gasteiger charge is -2.23. The van der Waals surface area contributed by atoms with Crippen molar-refractivity contribution in [3.63, 3.8) is 0 Å². The van der Waals surface area contributed by atoms with E-state index >= 15 is 0 Å². The lowest BCUT2D eigenvalue weighted by molar-refractivity contribution is 0.569. The molecule has 0 spiro atoms. The predicted molar refractivity (Wildman–Crippen MR) is 55.4 cm³/mol. The first kappa shape index (κ1) is 9.04. The highest BCUT2D eigenvalue weighted by Crippen LogP contribution is 2.32. The van der Waals surface area contributed by atoms with Crippen LogP contribution in [0, 0.1) is 11.3 Å². The van der Waals surface area contributed by atoms with E-state index in [1.54, 1.807) is 6.07 Å². The summed E-state index contributed by atoms with van der Waals surface area (Å²) in [7, 11) is 0. The molecular weight excluding hydrogens is 174 g/mol. The Bertz CT molecular complexity index is 404. The second-order valence-electron chi connectivity index (χ2n) is 3.71.